The zero-order chi connectivity index (χ0) is 16.8. The molecule has 0 amide bonds. The fraction of sp³-hybridized carbons (Fsp3) is 0.526. The van der Waals surface area contributed by atoms with Crippen LogP contribution in [-0.2, 0) is 0 Å². The van der Waals surface area contributed by atoms with E-state index in [9.17, 15) is 0 Å². The maximum atomic E-state index is 5.63. The second-order valence-corrected chi connectivity index (χ2v) is 7.60. The molecule has 25 heavy (non-hydrogen) atoms. The van der Waals surface area contributed by atoms with Crippen LogP contribution in [0.1, 0.15) is 56.2 Å². The van der Waals surface area contributed by atoms with Crippen LogP contribution in [0.5, 0.6) is 0 Å². The molecule has 2 aliphatic rings. The number of nitrogens with two attached hydrogens (primary N) is 1. The Morgan fingerprint density at radius 1 is 1.28 bits per heavy atom. The van der Waals surface area contributed by atoms with Crippen LogP contribution in [0, 0.1) is 5.92 Å². The summed E-state index contributed by atoms with van der Waals surface area (Å²) in [6.07, 6.45) is 13.3. The molecule has 6 heteroatoms. The number of H-pyrrole nitrogens is 1. The lowest BCUT2D eigenvalue weighted by Crippen LogP contribution is -2.27. The summed E-state index contributed by atoms with van der Waals surface area (Å²) in [4.78, 5) is 4.66. The van der Waals surface area contributed by atoms with Gasteiger partial charge >= 0.3 is 0 Å². The molecule has 3 N–H and O–H groups in total. The SMILES string of the molecule is NCCCC1CC(n2cc(-c3nccc4[nH]ncc34)c(C3CC3)n2)C1. The summed E-state index contributed by atoms with van der Waals surface area (Å²) in [5, 5.41) is 13.3. The van der Waals surface area contributed by atoms with Crippen LogP contribution < -0.4 is 5.73 Å². The number of aromatic nitrogens is 5. The van der Waals surface area contributed by atoms with Crippen molar-refractivity contribution in [2.24, 2.45) is 11.7 Å². The first-order valence-corrected chi connectivity index (χ1v) is 9.41. The van der Waals surface area contributed by atoms with Crippen molar-refractivity contribution >= 4 is 10.9 Å². The normalized spacial score (nSPS) is 23.1. The average Bonchev–Trinajstić information content (AvgIpc) is 3.16. The van der Waals surface area contributed by atoms with Gasteiger partial charge in [0.05, 0.1) is 29.1 Å². The first-order chi connectivity index (χ1) is 12.3. The van der Waals surface area contributed by atoms with Crippen molar-refractivity contribution in [2.45, 2.75) is 50.5 Å². The van der Waals surface area contributed by atoms with E-state index >= 15 is 0 Å². The van der Waals surface area contributed by atoms with Gasteiger partial charge in [0, 0.05) is 29.3 Å². The number of nitrogens with zero attached hydrogens (tertiary/aromatic N) is 4. The van der Waals surface area contributed by atoms with Crippen LogP contribution in [0.2, 0.25) is 0 Å². The Balaban J connectivity index is 1.46. The van der Waals surface area contributed by atoms with Crippen molar-refractivity contribution in [3.8, 4) is 11.3 Å². The first kappa shape index (κ1) is 15.1. The van der Waals surface area contributed by atoms with Crippen molar-refractivity contribution in [1.29, 1.82) is 0 Å². The number of nitrogens with one attached hydrogen (secondary N) is 1. The fourth-order valence-corrected chi connectivity index (χ4v) is 4.07. The lowest BCUT2D eigenvalue weighted by atomic mass is 9.77. The fourth-order valence-electron chi connectivity index (χ4n) is 4.07. The Hall–Kier alpha value is -2.21. The Kier molecular flexibility index (Phi) is 3.59. The highest BCUT2D eigenvalue weighted by molar-refractivity contribution is 5.92. The summed E-state index contributed by atoms with van der Waals surface area (Å²) in [6, 6.07) is 2.51. The molecule has 0 spiro atoms. The molecule has 0 unspecified atom stereocenters. The van der Waals surface area contributed by atoms with Gasteiger partial charge in [-0.15, -0.1) is 0 Å². The summed E-state index contributed by atoms with van der Waals surface area (Å²) in [5.74, 6) is 1.43. The van der Waals surface area contributed by atoms with E-state index in [1.54, 1.807) is 0 Å². The van der Waals surface area contributed by atoms with Crippen molar-refractivity contribution in [3.63, 3.8) is 0 Å². The van der Waals surface area contributed by atoms with Gasteiger partial charge in [0.1, 0.15) is 0 Å². The third kappa shape index (κ3) is 2.65. The largest absolute Gasteiger partial charge is 0.330 e. The van der Waals surface area contributed by atoms with E-state index in [0.717, 1.165) is 35.5 Å². The Labute approximate surface area is 146 Å². The Morgan fingerprint density at radius 3 is 2.96 bits per heavy atom. The molecule has 0 bridgehead atoms. The molecule has 5 rings (SSSR count). The maximum Gasteiger partial charge on any atom is 0.0846 e. The lowest BCUT2D eigenvalue weighted by molar-refractivity contribution is 0.171. The van der Waals surface area contributed by atoms with Crippen molar-refractivity contribution in [2.75, 3.05) is 6.54 Å². The van der Waals surface area contributed by atoms with Gasteiger partial charge in [-0.3, -0.25) is 14.8 Å². The van der Waals surface area contributed by atoms with Crippen LogP contribution in [0.15, 0.2) is 24.7 Å². The molecule has 3 aromatic rings. The van der Waals surface area contributed by atoms with Gasteiger partial charge in [0.15, 0.2) is 0 Å². The summed E-state index contributed by atoms with van der Waals surface area (Å²) < 4.78 is 2.21. The monoisotopic (exact) mass is 336 g/mol. The van der Waals surface area contributed by atoms with Gasteiger partial charge < -0.3 is 5.73 Å². The molecule has 0 radical (unpaired) electrons. The number of aromatic amines is 1. The minimum Gasteiger partial charge on any atom is -0.330 e. The zero-order valence-corrected chi connectivity index (χ0v) is 14.4. The van der Waals surface area contributed by atoms with Crippen molar-refractivity contribution in [3.05, 3.63) is 30.4 Å². The number of pyridine rings is 1. The summed E-state index contributed by atoms with van der Waals surface area (Å²) in [5.41, 5.74) is 10.1. The van der Waals surface area contributed by atoms with Crippen LogP contribution in [-0.4, -0.2) is 31.5 Å². The van der Waals surface area contributed by atoms with Gasteiger partial charge in [-0.2, -0.15) is 10.2 Å². The second kappa shape index (κ2) is 5.95. The number of hydrogen-bond acceptors (Lipinski definition) is 4. The number of rotatable bonds is 6. The number of hydrogen-bond donors (Lipinski definition) is 2. The molecule has 2 aliphatic carbocycles. The van der Waals surface area contributed by atoms with E-state index in [4.69, 9.17) is 10.8 Å². The molecule has 0 aromatic carbocycles. The van der Waals surface area contributed by atoms with Crippen molar-refractivity contribution < 1.29 is 0 Å². The third-order valence-electron chi connectivity index (χ3n) is 5.75. The Morgan fingerprint density at radius 2 is 2.16 bits per heavy atom. The first-order valence-electron chi connectivity index (χ1n) is 9.41. The van der Waals surface area contributed by atoms with Gasteiger partial charge in [0.25, 0.3) is 0 Å². The van der Waals surface area contributed by atoms with Gasteiger partial charge in [0.2, 0.25) is 0 Å². The van der Waals surface area contributed by atoms with Crippen LogP contribution >= 0.6 is 0 Å². The minimum absolute atomic E-state index is 0.539. The molecule has 0 atom stereocenters. The highest BCUT2D eigenvalue weighted by atomic mass is 15.3. The maximum absolute atomic E-state index is 5.63. The van der Waals surface area contributed by atoms with E-state index in [0.29, 0.717) is 12.0 Å². The highest BCUT2D eigenvalue weighted by Crippen LogP contribution is 2.46. The van der Waals surface area contributed by atoms with Crippen molar-refractivity contribution in [1.82, 2.24) is 25.0 Å². The molecule has 2 fully saturated rings. The molecule has 6 nitrogen and oxygen atoms in total. The average molecular weight is 336 g/mol. The summed E-state index contributed by atoms with van der Waals surface area (Å²) in [7, 11) is 0. The molecule has 0 aliphatic heterocycles. The molecular formula is C19H24N6. The molecule has 130 valence electrons. The van der Waals surface area contributed by atoms with Crippen LogP contribution in [0.25, 0.3) is 22.2 Å². The standard InChI is InChI=1S/C19H24N6/c20-6-1-2-12-8-14(9-12)25-11-16(18(24-25)13-3-4-13)19-15-10-22-23-17(15)5-7-21-19/h5,7,10-14H,1-4,6,8-9,20H2,(H,22,23). The van der Waals surface area contributed by atoms with Gasteiger partial charge in [-0.05, 0) is 57.1 Å². The molecule has 2 saturated carbocycles. The number of fused-ring (bicyclic) bond motifs is 1. The van der Waals surface area contributed by atoms with E-state index < -0.39 is 0 Å². The molecule has 3 aromatic heterocycles. The Bertz CT molecular complexity index is 884. The quantitative estimate of drug-likeness (QED) is 0.722. The van der Waals surface area contributed by atoms with E-state index in [2.05, 4.69) is 26.1 Å². The highest BCUT2D eigenvalue weighted by Gasteiger charge is 2.35. The van der Waals surface area contributed by atoms with Gasteiger partial charge in [-0.25, -0.2) is 0 Å². The van der Waals surface area contributed by atoms with Crippen LogP contribution in [0.4, 0.5) is 0 Å². The smallest absolute Gasteiger partial charge is 0.0846 e. The minimum atomic E-state index is 0.539. The summed E-state index contributed by atoms with van der Waals surface area (Å²) >= 11 is 0. The van der Waals surface area contributed by atoms with Gasteiger partial charge in [-0.1, -0.05) is 0 Å². The zero-order valence-electron chi connectivity index (χ0n) is 14.4. The topological polar surface area (TPSA) is 85.4 Å². The van der Waals surface area contributed by atoms with E-state index in [1.807, 2.05) is 18.5 Å². The van der Waals surface area contributed by atoms with Crippen LogP contribution in [0.3, 0.4) is 0 Å². The predicted octanol–water partition coefficient (Wildman–Crippen LogP) is 3.39. The van der Waals surface area contributed by atoms with E-state index in [1.165, 1.54) is 43.4 Å². The molecule has 0 saturated heterocycles. The second-order valence-electron chi connectivity index (χ2n) is 7.60. The molecular weight excluding hydrogens is 312 g/mol. The lowest BCUT2D eigenvalue weighted by Gasteiger charge is -2.35. The predicted molar refractivity (Wildman–Crippen MR) is 97.1 cm³/mol. The van der Waals surface area contributed by atoms with E-state index in [-0.39, 0.29) is 0 Å². The third-order valence-corrected chi connectivity index (χ3v) is 5.75. The molecule has 3 heterocycles. The summed E-state index contributed by atoms with van der Waals surface area (Å²) in [6.45, 7) is 0.805.